The van der Waals surface area contributed by atoms with Gasteiger partial charge in [0, 0.05) is 13.3 Å². The maximum atomic E-state index is 10.7. The van der Waals surface area contributed by atoms with Crippen molar-refractivity contribution in [1.82, 2.24) is 0 Å². The minimum Gasteiger partial charge on any atom is -0.463 e. The highest BCUT2D eigenvalue weighted by Crippen LogP contribution is 2.02. The smallest absolute Gasteiger partial charge is 0.302 e. The van der Waals surface area contributed by atoms with Gasteiger partial charge in [-0.2, -0.15) is 0 Å². The fraction of sp³-hybridized carbons (Fsp3) is 0.667. The van der Waals surface area contributed by atoms with Crippen molar-refractivity contribution in [3.8, 4) is 0 Å². The lowest BCUT2D eigenvalue weighted by Crippen LogP contribution is -2.10. The van der Waals surface area contributed by atoms with E-state index in [1.807, 2.05) is 6.92 Å². The Bertz CT molecular complexity index is 241. The Morgan fingerprint density at radius 3 is 2.29 bits per heavy atom. The lowest BCUT2D eigenvalue weighted by molar-refractivity contribution is -0.145. The van der Waals surface area contributed by atoms with Gasteiger partial charge >= 0.3 is 5.97 Å². The zero-order valence-electron chi connectivity index (χ0n) is 11.4. The summed E-state index contributed by atoms with van der Waals surface area (Å²) in [6.45, 7) is 5.57. The van der Waals surface area contributed by atoms with Crippen molar-refractivity contribution in [3.63, 3.8) is 0 Å². The number of unbranched alkanes of at least 4 members (excludes halogenated alkanes) is 3. The second-order valence-corrected chi connectivity index (χ2v) is 4.32. The second-order valence-electron chi connectivity index (χ2n) is 4.32. The standard InChI is InChI=1S/C15H26O2/c1-4-5-6-7-8-9-10-11-12-13-14(2)17-15(3)16/h7-8,11-12,14H,4-6,9-10,13H2,1-3H3/b8-7-,12-11-. The molecule has 0 aromatic heterocycles. The summed E-state index contributed by atoms with van der Waals surface area (Å²) < 4.78 is 5.02. The van der Waals surface area contributed by atoms with E-state index in [4.69, 9.17) is 4.74 Å². The van der Waals surface area contributed by atoms with E-state index in [1.165, 1.54) is 26.2 Å². The molecular formula is C15H26O2. The van der Waals surface area contributed by atoms with E-state index in [0.29, 0.717) is 0 Å². The van der Waals surface area contributed by atoms with Gasteiger partial charge in [0.25, 0.3) is 0 Å². The van der Waals surface area contributed by atoms with Crippen LogP contribution in [0.25, 0.3) is 0 Å². The molecule has 2 nitrogen and oxygen atoms in total. The number of ether oxygens (including phenoxy) is 1. The number of esters is 1. The minimum atomic E-state index is -0.204. The fourth-order valence-corrected chi connectivity index (χ4v) is 1.49. The van der Waals surface area contributed by atoms with Crippen LogP contribution in [0.3, 0.4) is 0 Å². The van der Waals surface area contributed by atoms with Crippen molar-refractivity contribution in [2.75, 3.05) is 0 Å². The number of carbonyl (C=O) groups is 1. The van der Waals surface area contributed by atoms with E-state index in [0.717, 1.165) is 19.3 Å². The maximum Gasteiger partial charge on any atom is 0.302 e. The van der Waals surface area contributed by atoms with Gasteiger partial charge in [-0.05, 0) is 26.2 Å². The molecule has 0 saturated heterocycles. The highest BCUT2D eigenvalue weighted by atomic mass is 16.5. The molecule has 0 spiro atoms. The molecule has 0 aromatic carbocycles. The minimum absolute atomic E-state index is 0.0103. The van der Waals surface area contributed by atoms with Crippen molar-refractivity contribution in [1.29, 1.82) is 0 Å². The van der Waals surface area contributed by atoms with Gasteiger partial charge in [-0.15, -0.1) is 0 Å². The van der Waals surface area contributed by atoms with Crippen LogP contribution in [0.5, 0.6) is 0 Å². The highest BCUT2D eigenvalue weighted by Gasteiger charge is 2.01. The van der Waals surface area contributed by atoms with E-state index in [1.54, 1.807) is 0 Å². The molecule has 0 rings (SSSR count). The summed E-state index contributed by atoms with van der Waals surface area (Å²) in [5, 5.41) is 0. The van der Waals surface area contributed by atoms with Crippen LogP contribution in [0.2, 0.25) is 0 Å². The average molecular weight is 238 g/mol. The SMILES string of the molecule is CCCC/C=C\CC/C=C\CC(C)OC(C)=O. The van der Waals surface area contributed by atoms with Crippen molar-refractivity contribution < 1.29 is 9.53 Å². The van der Waals surface area contributed by atoms with Crippen LogP contribution in [-0.4, -0.2) is 12.1 Å². The van der Waals surface area contributed by atoms with Crippen LogP contribution in [0, 0.1) is 0 Å². The molecule has 0 amide bonds. The lowest BCUT2D eigenvalue weighted by atomic mass is 10.2. The molecule has 0 aliphatic carbocycles. The Labute approximate surface area is 106 Å². The van der Waals surface area contributed by atoms with Gasteiger partial charge in [-0.3, -0.25) is 4.79 Å². The van der Waals surface area contributed by atoms with Crippen LogP contribution < -0.4 is 0 Å². The Morgan fingerprint density at radius 2 is 1.71 bits per heavy atom. The van der Waals surface area contributed by atoms with Gasteiger partial charge < -0.3 is 4.74 Å². The Hall–Kier alpha value is -1.05. The molecule has 0 aliphatic rings. The van der Waals surface area contributed by atoms with Gasteiger partial charge in [-0.1, -0.05) is 44.1 Å². The maximum absolute atomic E-state index is 10.7. The molecule has 0 aliphatic heterocycles. The van der Waals surface area contributed by atoms with Crippen LogP contribution in [0.4, 0.5) is 0 Å². The zero-order chi connectivity index (χ0) is 12.9. The Morgan fingerprint density at radius 1 is 1.12 bits per heavy atom. The van der Waals surface area contributed by atoms with Gasteiger partial charge in [0.2, 0.25) is 0 Å². The number of hydrogen-bond acceptors (Lipinski definition) is 2. The largest absolute Gasteiger partial charge is 0.463 e. The van der Waals surface area contributed by atoms with Crippen molar-refractivity contribution in [2.45, 2.75) is 65.4 Å². The highest BCUT2D eigenvalue weighted by molar-refractivity contribution is 5.66. The molecule has 0 saturated carbocycles. The third-order valence-electron chi connectivity index (χ3n) is 2.39. The lowest BCUT2D eigenvalue weighted by Gasteiger charge is -2.07. The summed E-state index contributed by atoms with van der Waals surface area (Å²) in [5.41, 5.74) is 0. The van der Waals surface area contributed by atoms with Crippen molar-refractivity contribution in [3.05, 3.63) is 24.3 Å². The van der Waals surface area contributed by atoms with Crippen molar-refractivity contribution >= 4 is 5.97 Å². The summed E-state index contributed by atoms with van der Waals surface area (Å²) in [4.78, 5) is 10.7. The first-order chi connectivity index (χ1) is 8.16. The summed E-state index contributed by atoms with van der Waals surface area (Å²) in [6.07, 6.45) is 15.5. The molecule has 0 N–H and O–H groups in total. The van der Waals surface area contributed by atoms with Crippen molar-refractivity contribution in [2.24, 2.45) is 0 Å². The molecule has 17 heavy (non-hydrogen) atoms. The topological polar surface area (TPSA) is 26.3 Å². The first-order valence-electron chi connectivity index (χ1n) is 6.64. The number of carbonyl (C=O) groups excluding carboxylic acids is 1. The van der Waals surface area contributed by atoms with Crippen LogP contribution in [0.15, 0.2) is 24.3 Å². The molecule has 1 atom stereocenters. The molecule has 2 heteroatoms. The van der Waals surface area contributed by atoms with E-state index < -0.39 is 0 Å². The predicted molar refractivity (Wildman–Crippen MR) is 72.9 cm³/mol. The van der Waals surface area contributed by atoms with Crippen LogP contribution >= 0.6 is 0 Å². The quantitative estimate of drug-likeness (QED) is 0.338. The average Bonchev–Trinajstić information content (AvgIpc) is 2.26. The zero-order valence-corrected chi connectivity index (χ0v) is 11.4. The summed E-state index contributed by atoms with van der Waals surface area (Å²) in [6, 6.07) is 0. The number of hydrogen-bond donors (Lipinski definition) is 0. The number of rotatable bonds is 9. The van der Waals surface area contributed by atoms with Gasteiger partial charge in [0.15, 0.2) is 0 Å². The first-order valence-corrected chi connectivity index (χ1v) is 6.64. The summed E-state index contributed by atoms with van der Waals surface area (Å²) in [5.74, 6) is -0.204. The first kappa shape index (κ1) is 16.0. The van der Waals surface area contributed by atoms with Gasteiger partial charge in [0.1, 0.15) is 6.10 Å². The fourth-order valence-electron chi connectivity index (χ4n) is 1.49. The summed E-state index contributed by atoms with van der Waals surface area (Å²) in [7, 11) is 0. The van der Waals surface area contributed by atoms with E-state index >= 15 is 0 Å². The second kappa shape index (κ2) is 11.4. The molecule has 1 unspecified atom stereocenters. The molecule has 98 valence electrons. The molecule has 0 aromatic rings. The Balaban J connectivity index is 3.42. The van der Waals surface area contributed by atoms with Gasteiger partial charge in [0.05, 0.1) is 0 Å². The molecule has 0 bridgehead atoms. The monoisotopic (exact) mass is 238 g/mol. The van der Waals surface area contributed by atoms with Crippen LogP contribution in [-0.2, 0) is 9.53 Å². The van der Waals surface area contributed by atoms with Crippen LogP contribution in [0.1, 0.15) is 59.3 Å². The third-order valence-corrected chi connectivity index (χ3v) is 2.39. The molecule has 0 radical (unpaired) electrons. The predicted octanol–water partition coefficient (Wildman–Crippen LogP) is 4.41. The molecule has 0 heterocycles. The van der Waals surface area contributed by atoms with E-state index in [2.05, 4.69) is 31.2 Å². The van der Waals surface area contributed by atoms with E-state index in [-0.39, 0.29) is 12.1 Å². The summed E-state index contributed by atoms with van der Waals surface area (Å²) >= 11 is 0. The van der Waals surface area contributed by atoms with E-state index in [9.17, 15) is 4.79 Å². The molecular weight excluding hydrogens is 212 g/mol. The normalized spacial score (nSPS) is 13.4. The Kier molecular flexibility index (Phi) is 10.7. The third kappa shape index (κ3) is 12.9. The number of allylic oxidation sites excluding steroid dienone is 3. The molecule has 0 fully saturated rings. The van der Waals surface area contributed by atoms with Gasteiger partial charge in [-0.25, -0.2) is 0 Å².